The second-order valence-electron chi connectivity index (χ2n) is 5.80. The zero-order valence-corrected chi connectivity index (χ0v) is 16.0. The predicted molar refractivity (Wildman–Crippen MR) is 87.4 cm³/mol. The van der Waals surface area contributed by atoms with Crippen LogP contribution in [0.4, 0.5) is 0 Å². The van der Waals surface area contributed by atoms with Crippen molar-refractivity contribution in [3.05, 3.63) is 18.3 Å². The van der Waals surface area contributed by atoms with Crippen molar-refractivity contribution in [1.82, 2.24) is 4.98 Å². The first kappa shape index (κ1) is 17.1. The summed E-state index contributed by atoms with van der Waals surface area (Å²) in [7, 11) is 0. The maximum absolute atomic E-state index is 3.50. The normalized spacial score (nSPS) is 11.9. The Balaban J connectivity index is 2.74. The van der Waals surface area contributed by atoms with Crippen LogP contribution in [0.2, 0.25) is 3.43 Å². The second kappa shape index (κ2) is 9.90. The molecule has 1 N–H and O–H groups in total. The number of hydrogen-bond acceptors (Lipinski definition) is 0. The summed E-state index contributed by atoms with van der Waals surface area (Å²) in [5, 5.41) is 0. The number of hydrogen-bond donors (Lipinski definition) is 1. The minimum atomic E-state index is -0.499. The molecule has 108 valence electrons. The van der Waals surface area contributed by atoms with Gasteiger partial charge in [-0.15, -0.1) is 0 Å². The summed E-state index contributed by atoms with van der Waals surface area (Å²) in [5.41, 5.74) is 0. The van der Waals surface area contributed by atoms with Gasteiger partial charge in [0.05, 0.1) is 0 Å². The summed E-state index contributed by atoms with van der Waals surface area (Å²) in [6.45, 7) is 7.01. The van der Waals surface area contributed by atoms with Crippen molar-refractivity contribution < 1.29 is 0 Å². The molecule has 19 heavy (non-hydrogen) atoms. The molecule has 0 aliphatic heterocycles. The SMILES string of the molecule is CCCC[C](CCCC)(CCCC)[Sn][c]1ccc[nH]1. The summed E-state index contributed by atoms with van der Waals surface area (Å²) >= 11 is -0.499. The van der Waals surface area contributed by atoms with Crippen LogP contribution >= 0.6 is 0 Å². The molecular formula is C17H31NSn. The van der Waals surface area contributed by atoms with Gasteiger partial charge in [0.25, 0.3) is 0 Å². The third kappa shape index (κ3) is 6.37. The first-order chi connectivity index (χ1) is 9.26. The third-order valence-corrected chi connectivity index (χ3v) is 9.33. The molecule has 2 heteroatoms. The molecule has 0 atom stereocenters. The first-order valence-electron chi connectivity index (χ1n) is 8.18. The molecule has 1 heterocycles. The molecule has 0 aliphatic rings. The fourth-order valence-electron chi connectivity index (χ4n) is 2.80. The number of unbranched alkanes of at least 4 members (excludes halogenated alkanes) is 3. The molecule has 0 amide bonds. The average Bonchev–Trinajstić information content (AvgIpc) is 2.93. The molecule has 1 nitrogen and oxygen atoms in total. The Morgan fingerprint density at radius 1 is 0.947 bits per heavy atom. The third-order valence-electron chi connectivity index (χ3n) is 4.02. The summed E-state index contributed by atoms with van der Waals surface area (Å²) < 4.78 is 2.32. The number of rotatable bonds is 11. The molecule has 0 saturated heterocycles. The van der Waals surface area contributed by atoms with Crippen LogP contribution in [0.1, 0.15) is 78.6 Å². The monoisotopic (exact) mass is 369 g/mol. The van der Waals surface area contributed by atoms with Gasteiger partial charge >= 0.3 is 130 Å². The van der Waals surface area contributed by atoms with Gasteiger partial charge in [-0.25, -0.2) is 0 Å². The number of nitrogens with one attached hydrogen (secondary N) is 1. The molecule has 1 aromatic rings. The van der Waals surface area contributed by atoms with Crippen molar-refractivity contribution >= 4 is 24.9 Å². The second-order valence-corrected chi connectivity index (χ2v) is 11.1. The van der Waals surface area contributed by atoms with E-state index in [0.717, 1.165) is 3.43 Å². The van der Waals surface area contributed by atoms with E-state index in [-0.39, 0.29) is 0 Å². The summed E-state index contributed by atoms with van der Waals surface area (Å²) in [4.78, 5) is 3.50. The Labute approximate surface area is 130 Å². The fourth-order valence-corrected chi connectivity index (χ4v) is 7.97. The molecule has 1 aromatic heterocycles. The molecule has 1 rings (SSSR count). The molecule has 0 bridgehead atoms. The summed E-state index contributed by atoms with van der Waals surface area (Å²) in [6, 6.07) is 4.52. The molecule has 2 radical (unpaired) electrons. The molecule has 0 fully saturated rings. The van der Waals surface area contributed by atoms with Gasteiger partial charge in [-0.3, -0.25) is 0 Å². The maximum atomic E-state index is 3.50. The van der Waals surface area contributed by atoms with Gasteiger partial charge in [0, 0.05) is 0 Å². The van der Waals surface area contributed by atoms with E-state index >= 15 is 0 Å². The van der Waals surface area contributed by atoms with Gasteiger partial charge < -0.3 is 0 Å². The zero-order valence-electron chi connectivity index (χ0n) is 13.1. The Morgan fingerprint density at radius 3 is 1.84 bits per heavy atom. The summed E-state index contributed by atoms with van der Waals surface area (Å²) in [5.74, 6) is 0. The van der Waals surface area contributed by atoms with Crippen LogP contribution in [0.5, 0.6) is 0 Å². The van der Waals surface area contributed by atoms with E-state index < -0.39 is 21.1 Å². The minimum absolute atomic E-state index is 0.499. The van der Waals surface area contributed by atoms with Crippen LogP contribution in [-0.2, 0) is 0 Å². The zero-order chi connectivity index (χ0) is 14.0. The van der Waals surface area contributed by atoms with E-state index in [4.69, 9.17) is 0 Å². The van der Waals surface area contributed by atoms with Gasteiger partial charge in [0.2, 0.25) is 0 Å². The molecule has 0 saturated carbocycles. The Morgan fingerprint density at radius 2 is 1.47 bits per heavy atom. The van der Waals surface area contributed by atoms with E-state index in [1.807, 2.05) is 0 Å². The van der Waals surface area contributed by atoms with Crippen molar-refractivity contribution in [2.45, 2.75) is 82.0 Å². The first-order valence-corrected chi connectivity index (χ1v) is 11.0. The Kier molecular flexibility index (Phi) is 8.93. The molecular weight excluding hydrogens is 337 g/mol. The average molecular weight is 368 g/mol. The van der Waals surface area contributed by atoms with E-state index in [1.165, 1.54) is 57.8 Å². The number of H-pyrrole nitrogens is 1. The van der Waals surface area contributed by atoms with Crippen LogP contribution in [0.3, 0.4) is 0 Å². The predicted octanol–water partition coefficient (Wildman–Crippen LogP) is 5.07. The van der Waals surface area contributed by atoms with Crippen LogP contribution < -0.4 is 3.71 Å². The Hall–Kier alpha value is 0.0787. The molecule has 0 unspecified atom stereocenters. The van der Waals surface area contributed by atoms with Crippen LogP contribution in [0.15, 0.2) is 18.3 Å². The number of aromatic amines is 1. The van der Waals surface area contributed by atoms with Crippen molar-refractivity contribution in [2.24, 2.45) is 0 Å². The van der Waals surface area contributed by atoms with Crippen molar-refractivity contribution in [3.63, 3.8) is 0 Å². The van der Waals surface area contributed by atoms with Crippen molar-refractivity contribution in [3.8, 4) is 0 Å². The summed E-state index contributed by atoms with van der Waals surface area (Å²) in [6.07, 6.45) is 14.9. The van der Waals surface area contributed by atoms with E-state index in [1.54, 1.807) is 3.71 Å². The molecule has 0 aromatic carbocycles. The molecule has 0 spiro atoms. The van der Waals surface area contributed by atoms with Gasteiger partial charge in [0.15, 0.2) is 0 Å². The van der Waals surface area contributed by atoms with Gasteiger partial charge in [0.1, 0.15) is 0 Å². The van der Waals surface area contributed by atoms with Crippen molar-refractivity contribution in [1.29, 1.82) is 0 Å². The topological polar surface area (TPSA) is 15.8 Å². The standard InChI is InChI=1S/C13H27.C4H4N.Sn/c1-4-7-10-13(11-8-5-2)12-9-6-3;1-2-4-5-3-1;/h4-12H2,1-3H3;1-3,5H;. The van der Waals surface area contributed by atoms with Gasteiger partial charge in [-0.05, 0) is 0 Å². The van der Waals surface area contributed by atoms with Crippen LogP contribution in [0.25, 0.3) is 0 Å². The van der Waals surface area contributed by atoms with Crippen LogP contribution in [-0.4, -0.2) is 26.1 Å². The fraction of sp³-hybridized carbons (Fsp3) is 0.765. The van der Waals surface area contributed by atoms with E-state index in [2.05, 4.69) is 44.1 Å². The van der Waals surface area contributed by atoms with Gasteiger partial charge in [-0.1, -0.05) is 0 Å². The van der Waals surface area contributed by atoms with E-state index in [9.17, 15) is 0 Å². The van der Waals surface area contributed by atoms with Gasteiger partial charge in [-0.2, -0.15) is 0 Å². The quantitative estimate of drug-likeness (QED) is 0.525. The molecule has 0 aliphatic carbocycles. The Bertz CT molecular complexity index is 283. The van der Waals surface area contributed by atoms with E-state index in [0.29, 0.717) is 0 Å². The van der Waals surface area contributed by atoms with Crippen LogP contribution in [0, 0.1) is 0 Å². The van der Waals surface area contributed by atoms with Crippen molar-refractivity contribution in [2.75, 3.05) is 0 Å². The number of aromatic nitrogens is 1.